The van der Waals surface area contributed by atoms with E-state index >= 15 is 0 Å². The Morgan fingerprint density at radius 3 is 2.31 bits per heavy atom. The molecular weight excluding hydrogens is 559 g/mol. The number of fused-ring (bicyclic) bond motifs is 3. The molecule has 0 radical (unpaired) electrons. The molecule has 1 amide bonds. The number of benzene rings is 1. The van der Waals surface area contributed by atoms with Crippen molar-refractivity contribution in [2.45, 2.75) is 75.4 Å². The van der Waals surface area contributed by atoms with E-state index in [4.69, 9.17) is 5.73 Å². The average Bonchev–Trinajstić information content (AvgIpc) is 3.30. The van der Waals surface area contributed by atoms with Crippen molar-refractivity contribution in [2.75, 3.05) is 14.1 Å². The van der Waals surface area contributed by atoms with Crippen LogP contribution in [-0.2, 0) is 38.3 Å². The molecule has 4 aliphatic carbocycles. The number of aromatic hydroxyl groups is 1. The first-order valence-electron chi connectivity index (χ1n) is 14.0. The van der Waals surface area contributed by atoms with E-state index in [0.717, 1.165) is 31.7 Å². The van der Waals surface area contributed by atoms with Crippen LogP contribution in [0.3, 0.4) is 0 Å². The van der Waals surface area contributed by atoms with Crippen LogP contribution in [0, 0.1) is 23.7 Å². The first kappa shape index (κ1) is 30.3. The zero-order valence-corrected chi connectivity index (χ0v) is 23.5. The summed E-state index contributed by atoms with van der Waals surface area (Å²) in [4.78, 5) is 67.5. The second-order valence-electron chi connectivity index (χ2n) is 12.7. The highest BCUT2D eigenvalue weighted by atomic mass is 19.4. The maximum Gasteiger partial charge on any atom is 0.417 e. The molecule has 3 saturated carbocycles. The van der Waals surface area contributed by atoms with Gasteiger partial charge in [0.2, 0.25) is 5.91 Å². The van der Waals surface area contributed by atoms with Crippen LogP contribution in [0.1, 0.15) is 66.1 Å². The Labute approximate surface area is 239 Å². The number of amides is 1. The van der Waals surface area contributed by atoms with Gasteiger partial charge in [0.15, 0.2) is 34.7 Å². The molecule has 0 saturated heterocycles. The third kappa shape index (κ3) is 4.39. The molecule has 0 heterocycles. The molecule has 1 aromatic rings. The number of likely N-dealkylation sites (N-methyl/N-ethyl adjacent to an activating group) is 1. The predicted octanol–water partition coefficient (Wildman–Crippen LogP) is 1.31. The molecule has 2 unspecified atom stereocenters. The second kappa shape index (κ2) is 9.95. The topological polar surface area (TPSA) is 167 Å². The Morgan fingerprint density at radius 1 is 1.14 bits per heavy atom. The van der Waals surface area contributed by atoms with E-state index in [9.17, 15) is 47.4 Å². The number of alkyl halides is 3. The van der Waals surface area contributed by atoms with Gasteiger partial charge in [-0.2, -0.15) is 13.2 Å². The van der Waals surface area contributed by atoms with Crippen LogP contribution in [0.5, 0.6) is 5.75 Å². The van der Waals surface area contributed by atoms with Crippen LogP contribution in [0.2, 0.25) is 0 Å². The number of nitrogens with two attached hydrogens (primary N) is 1. The summed E-state index contributed by atoms with van der Waals surface area (Å²) in [5.41, 5.74) is -0.471. The number of primary amides is 1. The number of nitrogens with zero attached hydrogens (tertiary/aromatic N) is 1. The highest BCUT2D eigenvalue weighted by Crippen LogP contribution is 2.52. The summed E-state index contributed by atoms with van der Waals surface area (Å²) in [6.45, 7) is 1.71. The second-order valence-corrected chi connectivity index (χ2v) is 12.7. The molecule has 228 valence electrons. The number of aliphatic hydroxyl groups is 1. The van der Waals surface area contributed by atoms with E-state index in [0.29, 0.717) is 0 Å². The molecule has 10 nitrogen and oxygen atoms in total. The smallest absolute Gasteiger partial charge is 0.417 e. The summed E-state index contributed by atoms with van der Waals surface area (Å²) in [5, 5.41) is 25.6. The largest absolute Gasteiger partial charge is 0.507 e. The predicted molar refractivity (Wildman–Crippen MR) is 140 cm³/mol. The molecule has 5 N–H and O–H groups in total. The third-order valence-corrected chi connectivity index (χ3v) is 9.84. The summed E-state index contributed by atoms with van der Waals surface area (Å²) < 4.78 is 43.9. The molecular formula is C29H34F3N3O7. The number of phenolic OH excluding ortho intramolecular Hbond substituents is 1. The fourth-order valence-electron chi connectivity index (χ4n) is 7.88. The van der Waals surface area contributed by atoms with E-state index in [1.165, 1.54) is 19.0 Å². The number of halogens is 3. The number of carbonyl (C=O) groups excluding carboxylic acids is 5. The number of Topliss-reactive ketones (excluding diaryl/α,β-unsaturated/α-hetero) is 4. The zero-order chi connectivity index (χ0) is 31.1. The lowest BCUT2D eigenvalue weighted by atomic mass is 9.52. The van der Waals surface area contributed by atoms with Gasteiger partial charge < -0.3 is 21.3 Å². The number of rotatable bonds is 5. The molecule has 1 aromatic carbocycles. The number of hydrogen-bond acceptors (Lipinski definition) is 9. The number of hydrogen-bond donors (Lipinski definition) is 4. The maximum atomic E-state index is 14.6. The van der Waals surface area contributed by atoms with Gasteiger partial charge in [0, 0.05) is 18.0 Å². The number of phenols is 1. The maximum absolute atomic E-state index is 14.6. The minimum atomic E-state index is -4.91. The summed E-state index contributed by atoms with van der Waals surface area (Å²) in [6, 6.07) is -0.462. The van der Waals surface area contributed by atoms with Crippen LogP contribution >= 0.6 is 0 Å². The quantitative estimate of drug-likeness (QED) is 0.368. The van der Waals surface area contributed by atoms with Crippen LogP contribution < -0.4 is 11.1 Å². The Hall–Kier alpha value is -3.16. The Balaban J connectivity index is 1.62. The first-order chi connectivity index (χ1) is 19.4. The van der Waals surface area contributed by atoms with Gasteiger partial charge in [0.25, 0.3) is 0 Å². The normalized spacial score (nSPS) is 32.5. The van der Waals surface area contributed by atoms with Crippen LogP contribution in [0.4, 0.5) is 13.2 Å². The number of nitrogens with one attached hydrogen (secondary N) is 1. The molecule has 0 aromatic heterocycles. The zero-order valence-electron chi connectivity index (χ0n) is 23.5. The van der Waals surface area contributed by atoms with Gasteiger partial charge in [-0.25, -0.2) is 0 Å². The molecule has 0 spiro atoms. The molecule has 13 heteroatoms. The van der Waals surface area contributed by atoms with Gasteiger partial charge >= 0.3 is 6.18 Å². The van der Waals surface area contributed by atoms with Gasteiger partial charge in [-0.3, -0.25) is 28.9 Å². The minimum Gasteiger partial charge on any atom is -0.507 e. The van der Waals surface area contributed by atoms with Crippen LogP contribution in [-0.4, -0.2) is 75.4 Å². The van der Waals surface area contributed by atoms with Crippen LogP contribution in [0.25, 0.3) is 0 Å². The van der Waals surface area contributed by atoms with E-state index in [1.54, 1.807) is 0 Å². The molecule has 4 aliphatic rings. The van der Waals surface area contributed by atoms with E-state index in [-0.39, 0.29) is 24.1 Å². The summed E-state index contributed by atoms with van der Waals surface area (Å²) in [5.74, 6) is -13.3. The first-order valence-corrected chi connectivity index (χ1v) is 14.0. The standard InChI is InChI=1S/C29H34F3N3O7/c1-27(6-4-5-7-27)34-11-13-10-16(36)18-14(20(13)29(30,31)32)8-12-9-15-21(35(2)3)23(38)19(26(33)41)25(40)28(15,42)24(39)17(12)22(18)37/h10,12,15,17,19,21,34,36,42H,4-9,11H2,1-3H3,(H2,33,41)/t12-,15-,17?,19?,21-,28-/m0/s1. The molecule has 0 aliphatic heterocycles. The van der Waals surface area contributed by atoms with E-state index < -0.39 is 99.4 Å². The lowest BCUT2D eigenvalue weighted by Crippen LogP contribution is -2.74. The van der Waals surface area contributed by atoms with Crippen molar-refractivity contribution in [3.63, 3.8) is 0 Å². The number of ketones is 4. The highest BCUT2D eigenvalue weighted by molar-refractivity contribution is 6.32. The molecule has 6 atom stereocenters. The molecule has 42 heavy (non-hydrogen) atoms. The molecule has 0 bridgehead atoms. The van der Waals surface area contributed by atoms with Crippen molar-refractivity contribution in [3.8, 4) is 5.75 Å². The van der Waals surface area contributed by atoms with E-state index in [2.05, 4.69) is 5.32 Å². The fraction of sp³-hybridized carbons (Fsp3) is 0.621. The minimum absolute atomic E-state index is 0.212. The van der Waals surface area contributed by atoms with Gasteiger partial charge in [0.05, 0.1) is 23.1 Å². The SMILES string of the molecule is CN(C)[C@@H]1C(=O)C(C(N)=O)C(=O)[C@@]2(O)C(=O)C3C(=O)c4c(O)cc(CNC5(C)CCCC5)c(C(F)(F)F)c4C[C@H]3C[C@@H]12. The van der Waals surface area contributed by atoms with Crippen molar-refractivity contribution < 1.29 is 47.4 Å². The monoisotopic (exact) mass is 593 g/mol. The van der Waals surface area contributed by atoms with Crippen molar-refractivity contribution in [3.05, 3.63) is 28.3 Å². The van der Waals surface area contributed by atoms with Crippen molar-refractivity contribution in [1.82, 2.24) is 10.2 Å². The highest BCUT2D eigenvalue weighted by Gasteiger charge is 2.69. The lowest BCUT2D eigenvalue weighted by Gasteiger charge is -2.52. The summed E-state index contributed by atoms with van der Waals surface area (Å²) in [6.07, 6.45) is -2.27. The summed E-state index contributed by atoms with van der Waals surface area (Å²) in [7, 11) is 2.86. The third-order valence-electron chi connectivity index (χ3n) is 9.84. The van der Waals surface area contributed by atoms with E-state index in [1.807, 2.05) is 6.92 Å². The van der Waals surface area contributed by atoms with Gasteiger partial charge in [-0.15, -0.1) is 0 Å². The van der Waals surface area contributed by atoms with Crippen molar-refractivity contribution in [2.24, 2.45) is 29.4 Å². The lowest BCUT2D eigenvalue weighted by molar-refractivity contribution is -0.181. The number of carbonyl (C=O) groups is 5. The molecule has 5 rings (SSSR count). The van der Waals surface area contributed by atoms with Gasteiger partial charge in [0.1, 0.15) is 5.75 Å². The van der Waals surface area contributed by atoms with Crippen LogP contribution in [0.15, 0.2) is 6.07 Å². The Morgan fingerprint density at radius 2 is 1.76 bits per heavy atom. The Bertz CT molecular complexity index is 1400. The average molecular weight is 594 g/mol. The Kier molecular flexibility index (Phi) is 7.18. The van der Waals surface area contributed by atoms with Gasteiger partial charge in [-0.05, 0) is 69.8 Å². The van der Waals surface area contributed by atoms with Gasteiger partial charge in [-0.1, -0.05) is 12.8 Å². The fourth-order valence-corrected chi connectivity index (χ4v) is 7.88. The van der Waals surface area contributed by atoms with Crippen molar-refractivity contribution in [1.29, 1.82) is 0 Å². The molecule has 3 fully saturated rings. The van der Waals surface area contributed by atoms with Crippen molar-refractivity contribution >= 4 is 29.0 Å². The summed E-state index contributed by atoms with van der Waals surface area (Å²) >= 11 is 0.